The quantitative estimate of drug-likeness (QED) is 0.586. The highest BCUT2D eigenvalue weighted by Crippen LogP contribution is 2.20. The minimum absolute atomic E-state index is 0.238. The Bertz CT molecular complexity index is 1150. The van der Waals surface area contributed by atoms with Crippen LogP contribution in [0.4, 0.5) is 9.52 Å². The molecule has 4 rings (SSSR count). The first-order valence-electron chi connectivity index (χ1n) is 8.21. The van der Waals surface area contributed by atoms with Gasteiger partial charge < -0.3 is 0 Å². The van der Waals surface area contributed by atoms with E-state index in [2.05, 4.69) is 25.6 Å². The molecule has 0 saturated heterocycles. The van der Waals surface area contributed by atoms with Crippen molar-refractivity contribution in [1.29, 1.82) is 0 Å². The number of hydrogen-bond donors (Lipinski definition) is 1. The average molecular weight is 382 g/mol. The highest BCUT2D eigenvalue weighted by Gasteiger charge is 2.16. The summed E-state index contributed by atoms with van der Waals surface area (Å²) in [5.41, 5.74) is 3.12. The molecule has 0 aliphatic carbocycles. The predicted octanol–water partition coefficient (Wildman–Crippen LogP) is 3.18. The number of halogens is 1. The molecule has 3 aromatic heterocycles. The van der Waals surface area contributed by atoms with Crippen molar-refractivity contribution in [3.05, 3.63) is 69.9 Å². The maximum absolute atomic E-state index is 13.7. The smallest absolute Gasteiger partial charge is 0.278 e. The Kier molecular flexibility index (Phi) is 4.36. The average Bonchev–Trinajstić information content (AvgIpc) is 3.24. The number of nitrogens with zero attached hydrogens (tertiary/aromatic N) is 5. The van der Waals surface area contributed by atoms with Gasteiger partial charge in [-0.15, -0.1) is 10.2 Å². The van der Waals surface area contributed by atoms with E-state index in [-0.39, 0.29) is 11.5 Å². The molecule has 136 valence electrons. The van der Waals surface area contributed by atoms with E-state index in [0.717, 1.165) is 11.4 Å². The van der Waals surface area contributed by atoms with Crippen LogP contribution in [-0.4, -0.2) is 30.7 Å². The maximum atomic E-state index is 13.7. The molecule has 0 unspecified atom stereocenters. The lowest BCUT2D eigenvalue weighted by Crippen LogP contribution is -2.12. The van der Waals surface area contributed by atoms with Crippen molar-refractivity contribution in [2.45, 2.75) is 20.3 Å². The van der Waals surface area contributed by atoms with Gasteiger partial charge in [0.2, 0.25) is 5.13 Å². The van der Waals surface area contributed by atoms with E-state index in [1.165, 1.54) is 17.4 Å². The van der Waals surface area contributed by atoms with Gasteiger partial charge in [0.05, 0.1) is 0 Å². The summed E-state index contributed by atoms with van der Waals surface area (Å²) in [4.78, 5) is 16.8. The number of amides is 1. The second-order valence-corrected chi connectivity index (χ2v) is 7.12. The molecule has 0 spiro atoms. The molecule has 0 atom stereocenters. The van der Waals surface area contributed by atoms with Gasteiger partial charge in [-0.2, -0.15) is 5.10 Å². The van der Waals surface area contributed by atoms with Crippen molar-refractivity contribution < 1.29 is 9.18 Å². The number of carbonyl (C=O) groups excluding carboxylic acids is 1. The summed E-state index contributed by atoms with van der Waals surface area (Å²) in [6.45, 7) is 3.79. The lowest BCUT2D eigenvalue weighted by atomic mass is 10.1. The normalized spacial score (nSPS) is 11.1. The first kappa shape index (κ1) is 17.2. The molecule has 1 aromatic carbocycles. The van der Waals surface area contributed by atoms with Crippen LogP contribution in [0.15, 0.2) is 36.4 Å². The van der Waals surface area contributed by atoms with Crippen LogP contribution in [0.1, 0.15) is 32.4 Å². The van der Waals surface area contributed by atoms with Crippen molar-refractivity contribution in [1.82, 2.24) is 24.8 Å². The van der Waals surface area contributed by atoms with E-state index in [9.17, 15) is 9.18 Å². The fraction of sp³-hybridized carbons (Fsp3) is 0.167. The van der Waals surface area contributed by atoms with Crippen LogP contribution in [-0.2, 0) is 6.42 Å². The SMILES string of the molecule is Cc1cc(C)n2nc(C(=O)Nc3nnc(Cc4ccccc4F)s3)cc2n1. The summed E-state index contributed by atoms with van der Waals surface area (Å²) in [6.07, 6.45) is 0.316. The lowest BCUT2D eigenvalue weighted by molar-refractivity contribution is 0.102. The third-order valence-corrected chi connectivity index (χ3v) is 4.79. The monoisotopic (exact) mass is 382 g/mol. The number of fused-ring (bicyclic) bond motifs is 1. The number of carbonyl (C=O) groups is 1. The number of hydrogen-bond acceptors (Lipinski definition) is 6. The minimum atomic E-state index is -0.397. The fourth-order valence-electron chi connectivity index (χ4n) is 2.74. The minimum Gasteiger partial charge on any atom is -0.295 e. The third kappa shape index (κ3) is 3.54. The molecule has 0 aliphatic heterocycles. The second kappa shape index (κ2) is 6.84. The zero-order valence-electron chi connectivity index (χ0n) is 14.6. The van der Waals surface area contributed by atoms with E-state index < -0.39 is 5.91 Å². The summed E-state index contributed by atoms with van der Waals surface area (Å²) in [5.74, 6) is -0.688. The van der Waals surface area contributed by atoms with E-state index in [1.807, 2.05) is 19.9 Å². The highest BCUT2D eigenvalue weighted by molar-refractivity contribution is 7.15. The molecule has 0 saturated carbocycles. The zero-order chi connectivity index (χ0) is 19.0. The zero-order valence-corrected chi connectivity index (χ0v) is 15.4. The Morgan fingerprint density at radius 1 is 1.22 bits per heavy atom. The number of rotatable bonds is 4. The number of benzene rings is 1. The molecule has 3 heterocycles. The number of aromatic nitrogens is 5. The van der Waals surface area contributed by atoms with Crippen LogP contribution in [0.3, 0.4) is 0 Å². The summed E-state index contributed by atoms with van der Waals surface area (Å²) in [7, 11) is 0. The highest BCUT2D eigenvalue weighted by atomic mass is 32.1. The number of nitrogens with one attached hydrogen (secondary N) is 1. The van der Waals surface area contributed by atoms with E-state index in [4.69, 9.17) is 0 Å². The van der Waals surface area contributed by atoms with Gasteiger partial charge in [-0.3, -0.25) is 10.1 Å². The molecule has 0 bridgehead atoms. The molecule has 0 radical (unpaired) electrons. The van der Waals surface area contributed by atoms with Gasteiger partial charge in [0, 0.05) is 23.9 Å². The van der Waals surface area contributed by atoms with Crippen molar-refractivity contribution in [3.8, 4) is 0 Å². The van der Waals surface area contributed by atoms with Gasteiger partial charge in [-0.25, -0.2) is 13.9 Å². The Balaban J connectivity index is 1.51. The molecular formula is C18H15FN6OS. The maximum Gasteiger partial charge on any atom is 0.278 e. The van der Waals surface area contributed by atoms with Gasteiger partial charge in [-0.1, -0.05) is 29.5 Å². The summed E-state index contributed by atoms with van der Waals surface area (Å²) >= 11 is 1.20. The van der Waals surface area contributed by atoms with Crippen molar-refractivity contribution >= 4 is 28.0 Å². The molecule has 1 N–H and O–H groups in total. The molecule has 0 fully saturated rings. The van der Waals surface area contributed by atoms with Crippen molar-refractivity contribution in [2.24, 2.45) is 0 Å². The Hall–Kier alpha value is -3.20. The van der Waals surface area contributed by atoms with E-state index >= 15 is 0 Å². The van der Waals surface area contributed by atoms with Gasteiger partial charge >= 0.3 is 0 Å². The van der Waals surface area contributed by atoms with Crippen molar-refractivity contribution in [3.63, 3.8) is 0 Å². The van der Waals surface area contributed by atoms with E-state index in [0.29, 0.717) is 27.8 Å². The van der Waals surface area contributed by atoms with E-state index in [1.54, 1.807) is 28.8 Å². The second-order valence-electron chi connectivity index (χ2n) is 6.06. The molecule has 7 nitrogen and oxygen atoms in total. The van der Waals surface area contributed by atoms with Crippen LogP contribution in [0.25, 0.3) is 5.65 Å². The molecule has 1 amide bonds. The Morgan fingerprint density at radius 2 is 2.04 bits per heavy atom. The number of anilines is 1. The van der Waals surface area contributed by atoms with Crippen LogP contribution >= 0.6 is 11.3 Å². The predicted molar refractivity (Wildman–Crippen MR) is 99.5 cm³/mol. The Labute approximate surface area is 157 Å². The van der Waals surface area contributed by atoms with Crippen LogP contribution in [0.5, 0.6) is 0 Å². The largest absolute Gasteiger partial charge is 0.295 e. The Morgan fingerprint density at radius 3 is 2.85 bits per heavy atom. The summed E-state index contributed by atoms with van der Waals surface area (Å²) < 4.78 is 15.4. The van der Waals surface area contributed by atoms with Gasteiger partial charge in [0.15, 0.2) is 11.3 Å². The lowest BCUT2D eigenvalue weighted by Gasteiger charge is -1.99. The topological polar surface area (TPSA) is 85.1 Å². The number of aryl methyl sites for hydroxylation is 2. The molecule has 4 aromatic rings. The van der Waals surface area contributed by atoms with Crippen LogP contribution in [0.2, 0.25) is 0 Å². The first-order valence-corrected chi connectivity index (χ1v) is 9.02. The molecule has 27 heavy (non-hydrogen) atoms. The van der Waals surface area contributed by atoms with Gasteiger partial charge in [-0.05, 0) is 31.5 Å². The third-order valence-electron chi connectivity index (χ3n) is 3.95. The molecule has 9 heteroatoms. The van der Waals surface area contributed by atoms with Crippen LogP contribution in [0, 0.1) is 19.7 Å². The standard InChI is InChI=1S/C18H15FN6OS/c1-10-7-11(2)25-15(20-10)9-14(24-25)17(26)21-18-23-22-16(27-18)8-12-5-3-4-6-13(12)19/h3-7,9H,8H2,1-2H3,(H,21,23,26). The first-order chi connectivity index (χ1) is 13.0. The summed E-state index contributed by atoms with van der Waals surface area (Å²) in [5, 5.41) is 15.9. The summed E-state index contributed by atoms with van der Waals surface area (Å²) in [6, 6.07) is 10.0. The van der Waals surface area contributed by atoms with Crippen LogP contribution < -0.4 is 5.32 Å². The molecular weight excluding hydrogens is 367 g/mol. The van der Waals surface area contributed by atoms with Crippen molar-refractivity contribution in [2.75, 3.05) is 5.32 Å². The molecule has 0 aliphatic rings. The van der Waals surface area contributed by atoms with Gasteiger partial charge in [0.1, 0.15) is 10.8 Å². The van der Waals surface area contributed by atoms with Gasteiger partial charge in [0.25, 0.3) is 5.91 Å². The fourth-order valence-corrected chi connectivity index (χ4v) is 3.50.